The molecule has 0 saturated carbocycles. The number of ether oxygens (including phenoxy) is 1. The lowest BCUT2D eigenvalue weighted by atomic mass is 10.2. The third kappa shape index (κ3) is 2.76. The third-order valence-corrected chi connectivity index (χ3v) is 3.19. The van der Waals surface area contributed by atoms with Crippen LogP contribution in [0.25, 0.3) is 0 Å². The number of aromatic carboxylic acids is 1. The van der Waals surface area contributed by atoms with Crippen LogP contribution in [0.15, 0.2) is 11.2 Å². The second-order valence-corrected chi connectivity index (χ2v) is 4.58. The van der Waals surface area contributed by atoms with Gasteiger partial charge in [0.25, 0.3) is 0 Å². The number of rotatable bonds is 2. The van der Waals surface area contributed by atoms with Crippen LogP contribution in [-0.2, 0) is 11.8 Å². The van der Waals surface area contributed by atoms with E-state index in [0.717, 1.165) is 12.4 Å². The van der Waals surface area contributed by atoms with Gasteiger partial charge in [0.1, 0.15) is 11.5 Å². The van der Waals surface area contributed by atoms with E-state index in [1.54, 1.807) is 7.05 Å². The maximum atomic E-state index is 11.2. The van der Waals surface area contributed by atoms with Crippen LogP contribution in [0, 0.1) is 0 Å². The molecule has 0 spiro atoms. The maximum absolute atomic E-state index is 11.2. The van der Waals surface area contributed by atoms with Crippen molar-refractivity contribution in [3.63, 3.8) is 0 Å². The normalized spacial score (nSPS) is 20.7. The van der Waals surface area contributed by atoms with E-state index in [1.807, 2.05) is 6.92 Å². The van der Waals surface area contributed by atoms with Crippen molar-refractivity contribution in [3.8, 4) is 0 Å². The third-order valence-electron chi connectivity index (χ3n) is 3.19. The van der Waals surface area contributed by atoms with Gasteiger partial charge in [0.15, 0.2) is 5.69 Å². The van der Waals surface area contributed by atoms with Gasteiger partial charge in [-0.2, -0.15) is 5.10 Å². The van der Waals surface area contributed by atoms with Gasteiger partial charge in [0.05, 0.1) is 25.5 Å². The highest BCUT2D eigenvalue weighted by molar-refractivity contribution is 5.93. The summed E-state index contributed by atoms with van der Waals surface area (Å²) in [6.45, 7) is 6.01. The highest BCUT2D eigenvalue weighted by Gasteiger charge is 2.21. The Morgan fingerprint density at radius 3 is 3.00 bits per heavy atom. The molecule has 0 unspecified atom stereocenters. The number of aromatic nitrogens is 2. The molecule has 2 heterocycles. The molecule has 0 aliphatic carbocycles. The second kappa shape index (κ2) is 5.40. The number of aryl methyl sites for hydroxylation is 1. The average molecular weight is 266 g/mol. The van der Waals surface area contributed by atoms with Gasteiger partial charge in [-0.05, 0) is 13.8 Å². The summed E-state index contributed by atoms with van der Waals surface area (Å²) in [7, 11) is 1.59. The largest absolute Gasteiger partial charge is 0.476 e. The first-order valence-corrected chi connectivity index (χ1v) is 6.15. The summed E-state index contributed by atoms with van der Waals surface area (Å²) in [5, 5.41) is 13.1. The van der Waals surface area contributed by atoms with Crippen LogP contribution in [0.1, 0.15) is 24.3 Å². The number of carboxylic acids is 1. The quantitative estimate of drug-likeness (QED) is 0.635. The van der Waals surface area contributed by atoms with Crippen molar-refractivity contribution >= 4 is 17.5 Å². The number of morpholine rings is 1. The molecule has 1 aliphatic rings. The minimum absolute atomic E-state index is 0.0975. The fourth-order valence-electron chi connectivity index (χ4n) is 2.20. The fourth-order valence-corrected chi connectivity index (χ4v) is 2.20. The zero-order valence-corrected chi connectivity index (χ0v) is 11.3. The van der Waals surface area contributed by atoms with E-state index < -0.39 is 5.97 Å². The number of aliphatic imine (C=N–C) groups is 1. The first kappa shape index (κ1) is 13.5. The SMILES string of the molecule is CC(=Nc1cnn(C)c1C(=O)O)N1CCOC[C@H]1C. The lowest BCUT2D eigenvalue weighted by Crippen LogP contribution is -2.46. The lowest BCUT2D eigenvalue weighted by Gasteiger charge is -2.34. The maximum Gasteiger partial charge on any atom is 0.356 e. The highest BCUT2D eigenvalue weighted by Crippen LogP contribution is 2.19. The van der Waals surface area contributed by atoms with E-state index in [0.29, 0.717) is 18.9 Å². The van der Waals surface area contributed by atoms with Crippen molar-refractivity contribution in [2.75, 3.05) is 19.8 Å². The molecule has 2 rings (SSSR count). The van der Waals surface area contributed by atoms with Crippen LogP contribution in [-0.4, -0.2) is 57.4 Å². The van der Waals surface area contributed by atoms with E-state index in [1.165, 1.54) is 10.9 Å². The number of hydrogen-bond acceptors (Lipinski definition) is 4. The Labute approximate surface area is 111 Å². The van der Waals surface area contributed by atoms with Gasteiger partial charge < -0.3 is 14.7 Å². The molecule has 0 aromatic carbocycles. The average Bonchev–Trinajstić information content (AvgIpc) is 2.70. The van der Waals surface area contributed by atoms with Crippen molar-refractivity contribution in [2.24, 2.45) is 12.0 Å². The minimum Gasteiger partial charge on any atom is -0.476 e. The summed E-state index contributed by atoms with van der Waals surface area (Å²) in [6.07, 6.45) is 1.47. The van der Waals surface area contributed by atoms with Gasteiger partial charge in [-0.3, -0.25) is 4.68 Å². The molecule has 0 bridgehead atoms. The van der Waals surface area contributed by atoms with E-state index in [4.69, 9.17) is 9.84 Å². The van der Waals surface area contributed by atoms with Crippen molar-refractivity contribution in [3.05, 3.63) is 11.9 Å². The van der Waals surface area contributed by atoms with Gasteiger partial charge in [-0.1, -0.05) is 0 Å². The molecule has 1 aliphatic heterocycles. The van der Waals surface area contributed by atoms with E-state index >= 15 is 0 Å². The molecule has 104 valence electrons. The lowest BCUT2D eigenvalue weighted by molar-refractivity contribution is 0.0330. The van der Waals surface area contributed by atoms with Crippen LogP contribution >= 0.6 is 0 Å². The van der Waals surface area contributed by atoms with Crippen molar-refractivity contribution in [1.29, 1.82) is 0 Å². The Kier molecular flexibility index (Phi) is 3.84. The van der Waals surface area contributed by atoms with Gasteiger partial charge in [0.2, 0.25) is 0 Å². The summed E-state index contributed by atoms with van der Waals surface area (Å²) >= 11 is 0. The highest BCUT2D eigenvalue weighted by atomic mass is 16.5. The summed E-state index contributed by atoms with van der Waals surface area (Å²) < 4.78 is 6.69. The number of hydrogen-bond donors (Lipinski definition) is 1. The monoisotopic (exact) mass is 266 g/mol. The van der Waals surface area contributed by atoms with Crippen LogP contribution in [0.4, 0.5) is 5.69 Å². The summed E-state index contributed by atoms with van der Waals surface area (Å²) in [6, 6.07) is 0.238. The molecular weight excluding hydrogens is 248 g/mol. The van der Waals surface area contributed by atoms with Crippen LogP contribution in [0.5, 0.6) is 0 Å². The molecule has 0 radical (unpaired) electrons. The van der Waals surface area contributed by atoms with E-state index in [9.17, 15) is 4.79 Å². The first-order valence-electron chi connectivity index (χ1n) is 6.15. The standard InChI is InChI=1S/C12H18N4O3/c1-8-7-19-5-4-16(8)9(2)14-10-6-13-15(3)11(10)12(17)18/h6,8H,4-5,7H2,1-3H3,(H,17,18)/t8-/m1/s1. The molecule has 7 nitrogen and oxygen atoms in total. The smallest absolute Gasteiger partial charge is 0.356 e. The van der Waals surface area contributed by atoms with Crippen molar-refractivity contribution in [1.82, 2.24) is 14.7 Å². The van der Waals surface area contributed by atoms with Gasteiger partial charge in [0, 0.05) is 13.6 Å². The second-order valence-electron chi connectivity index (χ2n) is 4.58. The molecule has 1 fully saturated rings. The Bertz CT molecular complexity index is 509. The predicted octanol–water partition coefficient (Wildman–Crippen LogP) is 0.889. The molecule has 1 aromatic rings. The summed E-state index contributed by atoms with van der Waals surface area (Å²) in [5.41, 5.74) is 0.478. The number of amidine groups is 1. The molecule has 1 N–H and O–H groups in total. The Balaban J connectivity index is 2.27. The molecule has 1 atom stereocenters. The predicted molar refractivity (Wildman–Crippen MR) is 69.9 cm³/mol. The molecular formula is C12H18N4O3. The number of carboxylic acid groups (broad SMARTS) is 1. The Hall–Kier alpha value is -1.89. The first-order chi connectivity index (χ1) is 9.00. The molecule has 1 aromatic heterocycles. The van der Waals surface area contributed by atoms with Gasteiger partial charge >= 0.3 is 5.97 Å². The Morgan fingerprint density at radius 2 is 2.37 bits per heavy atom. The molecule has 19 heavy (non-hydrogen) atoms. The van der Waals surface area contributed by atoms with Crippen LogP contribution in [0.3, 0.4) is 0 Å². The summed E-state index contributed by atoms with van der Waals surface area (Å²) in [5.74, 6) is -0.243. The summed E-state index contributed by atoms with van der Waals surface area (Å²) in [4.78, 5) is 17.7. The van der Waals surface area contributed by atoms with E-state index in [-0.39, 0.29) is 11.7 Å². The Morgan fingerprint density at radius 1 is 1.63 bits per heavy atom. The fraction of sp³-hybridized carbons (Fsp3) is 0.583. The molecule has 1 saturated heterocycles. The number of carbonyl (C=O) groups is 1. The minimum atomic E-state index is -1.03. The van der Waals surface area contributed by atoms with Gasteiger partial charge in [-0.25, -0.2) is 9.79 Å². The van der Waals surface area contributed by atoms with Crippen molar-refractivity contribution < 1.29 is 14.6 Å². The van der Waals surface area contributed by atoms with Crippen LogP contribution < -0.4 is 0 Å². The molecule has 7 heteroatoms. The number of nitrogens with zero attached hydrogens (tertiary/aromatic N) is 4. The van der Waals surface area contributed by atoms with Crippen LogP contribution in [0.2, 0.25) is 0 Å². The van der Waals surface area contributed by atoms with Gasteiger partial charge in [-0.15, -0.1) is 0 Å². The zero-order valence-electron chi connectivity index (χ0n) is 11.3. The topological polar surface area (TPSA) is 80.0 Å². The van der Waals surface area contributed by atoms with Crippen molar-refractivity contribution in [2.45, 2.75) is 19.9 Å². The van der Waals surface area contributed by atoms with E-state index in [2.05, 4.69) is 21.9 Å². The zero-order chi connectivity index (χ0) is 14.0. The molecule has 0 amide bonds.